The fourth-order valence-corrected chi connectivity index (χ4v) is 3.08. The molecule has 1 aliphatic heterocycles. The van der Waals surface area contributed by atoms with Crippen molar-refractivity contribution in [1.29, 1.82) is 0 Å². The molecule has 0 unspecified atom stereocenters. The molecule has 3 nitrogen and oxygen atoms in total. The summed E-state index contributed by atoms with van der Waals surface area (Å²) in [5.74, 6) is 1.12. The van der Waals surface area contributed by atoms with Gasteiger partial charge in [-0.3, -0.25) is 0 Å². The Morgan fingerprint density at radius 1 is 1.30 bits per heavy atom. The summed E-state index contributed by atoms with van der Waals surface area (Å²) in [7, 11) is 0. The smallest absolute Gasteiger partial charge is 0.191 e. The van der Waals surface area contributed by atoms with Crippen molar-refractivity contribution in [3.63, 3.8) is 0 Å². The van der Waals surface area contributed by atoms with Crippen LogP contribution in [0.3, 0.4) is 0 Å². The molecule has 20 heavy (non-hydrogen) atoms. The lowest BCUT2D eigenvalue weighted by Crippen LogP contribution is -2.42. The van der Waals surface area contributed by atoms with Crippen LogP contribution in [-0.2, 0) is 6.54 Å². The minimum atomic E-state index is -0.613. The van der Waals surface area contributed by atoms with Gasteiger partial charge in [0.1, 0.15) is 11.6 Å². The number of aliphatic imine (C=N–C) groups is 1. The minimum absolute atomic E-state index is 0. The van der Waals surface area contributed by atoms with Gasteiger partial charge in [0.2, 0.25) is 0 Å². The first-order chi connectivity index (χ1) is 9.08. The van der Waals surface area contributed by atoms with Crippen LogP contribution in [0.1, 0.15) is 5.56 Å². The lowest BCUT2D eigenvalue weighted by atomic mass is 10.2. The van der Waals surface area contributed by atoms with Gasteiger partial charge < -0.3 is 10.6 Å². The molecule has 112 valence electrons. The van der Waals surface area contributed by atoms with Crippen molar-refractivity contribution in [2.75, 3.05) is 24.6 Å². The molecular formula is C12H15BrF2IN3S. The van der Waals surface area contributed by atoms with Gasteiger partial charge in [-0.1, -0.05) is 15.9 Å². The van der Waals surface area contributed by atoms with Gasteiger partial charge in [-0.2, -0.15) is 11.8 Å². The summed E-state index contributed by atoms with van der Waals surface area (Å²) < 4.78 is 27.6. The molecule has 0 spiro atoms. The topological polar surface area (TPSA) is 41.6 Å². The number of halogens is 4. The summed E-state index contributed by atoms with van der Waals surface area (Å²) in [5, 5.41) is 0. The van der Waals surface area contributed by atoms with E-state index in [0.29, 0.717) is 10.4 Å². The summed E-state index contributed by atoms with van der Waals surface area (Å²) in [6, 6.07) is 2.45. The summed E-state index contributed by atoms with van der Waals surface area (Å²) in [6.07, 6.45) is 0. The Balaban J connectivity index is 0.00000200. The van der Waals surface area contributed by atoms with E-state index in [9.17, 15) is 8.78 Å². The minimum Gasteiger partial charge on any atom is -0.370 e. The van der Waals surface area contributed by atoms with Crippen LogP contribution in [0.5, 0.6) is 0 Å². The van der Waals surface area contributed by atoms with Crippen LogP contribution in [-0.4, -0.2) is 35.5 Å². The zero-order valence-corrected chi connectivity index (χ0v) is 15.3. The maximum atomic E-state index is 13.6. The monoisotopic (exact) mass is 477 g/mol. The molecule has 0 amide bonds. The molecule has 1 aliphatic rings. The average molecular weight is 478 g/mol. The van der Waals surface area contributed by atoms with Crippen molar-refractivity contribution in [3.05, 3.63) is 33.8 Å². The average Bonchev–Trinajstić information content (AvgIpc) is 2.38. The molecule has 1 aromatic carbocycles. The first-order valence-electron chi connectivity index (χ1n) is 5.84. The summed E-state index contributed by atoms with van der Waals surface area (Å²) >= 11 is 4.90. The molecule has 8 heteroatoms. The van der Waals surface area contributed by atoms with Crippen LogP contribution in [0.4, 0.5) is 8.78 Å². The van der Waals surface area contributed by atoms with Gasteiger partial charge in [-0.25, -0.2) is 13.8 Å². The molecule has 0 aliphatic carbocycles. The molecule has 0 aromatic heterocycles. The van der Waals surface area contributed by atoms with E-state index < -0.39 is 11.6 Å². The third-order valence-corrected chi connectivity index (χ3v) is 4.24. The Bertz CT molecular complexity index is 473. The highest BCUT2D eigenvalue weighted by Crippen LogP contribution is 2.20. The van der Waals surface area contributed by atoms with Crippen molar-refractivity contribution in [3.8, 4) is 0 Å². The Labute approximate surface area is 146 Å². The standard InChI is InChI=1S/C12H14BrF2N3S.HI/c13-8-5-10(14)9(11(15)6-8)7-17-12(16)18-1-3-19-4-2-18;/h5-6H,1-4,7H2,(H2,16,17);1H. The van der Waals surface area contributed by atoms with E-state index in [1.54, 1.807) is 0 Å². The van der Waals surface area contributed by atoms with E-state index in [-0.39, 0.29) is 36.1 Å². The van der Waals surface area contributed by atoms with E-state index >= 15 is 0 Å². The van der Waals surface area contributed by atoms with Gasteiger partial charge >= 0.3 is 0 Å². The maximum absolute atomic E-state index is 13.6. The molecule has 1 aromatic rings. The molecule has 0 bridgehead atoms. The van der Waals surface area contributed by atoms with Crippen LogP contribution in [0.25, 0.3) is 0 Å². The van der Waals surface area contributed by atoms with E-state index in [0.717, 1.165) is 24.6 Å². The van der Waals surface area contributed by atoms with E-state index in [4.69, 9.17) is 5.73 Å². The number of hydrogen-bond acceptors (Lipinski definition) is 2. The largest absolute Gasteiger partial charge is 0.370 e. The highest BCUT2D eigenvalue weighted by atomic mass is 127. The van der Waals surface area contributed by atoms with Crippen molar-refractivity contribution in [2.24, 2.45) is 10.7 Å². The predicted molar refractivity (Wildman–Crippen MR) is 93.7 cm³/mol. The number of thioether (sulfide) groups is 1. The first-order valence-corrected chi connectivity index (χ1v) is 7.78. The number of guanidine groups is 1. The molecule has 2 rings (SSSR count). The fourth-order valence-electron chi connectivity index (χ4n) is 1.78. The van der Waals surface area contributed by atoms with E-state index in [1.165, 1.54) is 12.1 Å². The summed E-state index contributed by atoms with van der Waals surface area (Å²) in [5.41, 5.74) is 5.78. The fraction of sp³-hybridized carbons (Fsp3) is 0.417. The predicted octanol–water partition coefficient (Wildman–Crippen LogP) is 3.21. The third-order valence-electron chi connectivity index (χ3n) is 2.84. The van der Waals surface area contributed by atoms with Gasteiger partial charge in [0.25, 0.3) is 0 Å². The quantitative estimate of drug-likeness (QED) is 0.404. The number of hydrogen-bond donors (Lipinski definition) is 1. The highest BCUT2D eigenvalue weighted by Gasteiger charge is 2.14. The van der Waals surface area contributed by atoms with Crippen LogP contribution in [0, 0.1) is 11.6 Å². The maximum Gasteiger partial charge on any atom is 0.191 e. The molecule has 1 fully saturated rings. The third kappa shape index (κ3) is 4.73. The van der Waals surface area contributed by atoms with Gasteiger partial charge in [-0.05, 0) is 12.1 Å². The molecule has 0 atom stereocenters. The Kier molecular flexibility index (Phi) is 7.52. The van der Waals surface area contributed by atoms with Gasteiger partial charge in [-0.15, -0.1) is 24.0 Å². The van der Waals surface area contributed by atoms with Crippen molar-refractivity contribution in [1.82, 2.24) is 4.90 Å². The van der Waals surface area contributed by atoms with Crippen molar-refractivity contribution >= 4 is 57.6 Å². The Morgan fingerprint density at radius 2 is 1.85 bits per heavy atom. The number of nitrogens with zero attached hydrogens (tertiary/aromatic N) is 2. The van der Waals surface area contributed by atoms with Crippen molar-refractivity contribution < 1.29 is 8.78 Å². The number of benzene rings is 1. The Hall–Kier alpha value is -0.0900. The van der Waals surface area contributed by atoms with E-state index in [2.05, 4.69) is 20.9 Å². The van der Waals surface area contributed by atoms with Crippen molar-refractivity contribution in [2.45, 2.75) is 6.54 Å². The van der Waals surface area contributed by atoms with Crippen LogP contribution in [0.15, 0.2) is 21.6 Å². The van der Waals surface area contributed by atoms with Gasteiger partial charge in [0.15, 0.2) is 5.96 Å². The summed E-state index contributed by atoms with van der Waals surface area (Å²) in [4.78, 5) is 6.02. The first kappa shape index (κ1) is 18.0. The number of nitrogens with two attached hydrogens (primary N) is 1. The van der Waals surface area contributed by atoms with Gasteiger partial charge in [0.05, 0.1) is 6.54 Å². The molecule has 0 radical (unpaired) electrons. The number of rotatable bonds is 2. The molecular weight excluding hydrogens is 463 g/mol. The highest BCUT2D eigenvalue weighted by molar-refractivity contribution is 14.0. The zero-order valence-electron chi connectivity index (χ0n) is 10.6. The summed E-state index contributed by atoms with van der Waals surface area (Å²) in [6.45, 7) is 1.57. The van der Waals surface area contributed by atoms with Crippen LogP contribution >= 0.6 is 51.7 Å². The van der Waals surface area contributed by atoms with Gasteiger partial charge in [0, 0.05) is 34.6 Å². The molecule has 1 saturated heterocycles. The molecule has 2 N–H and O–H groups in total. The van der Waals surface area contributed by atoms with Crippen LogP contribution in [0.2, 0.25) is 0 Å². The lowest BCUT2D eigenvalue weighted by molar-refractivity contribution is 0.455. The van der Waals surface area contributed by atoms with Crippen LogP contribution < -0.4 is 5.73 Å². The second kappa shape index (κ2) is 8.38. The van der Waals surface area contributed by atoms with E-state index in [1.807, 2.05) is 16.7 Å². The normalized spacial score (nSPS) is 15.9. The Morgan fingerprint density at radius 3 is 2.40 bits per heavy atom. The SMILES string of the molecule is I.NC(=NCc1c(F)cc(Br)cc1F)N1CCSCC1. The second-order valence-electron chi connectivity index (χ2n) is 4.12. The lowest BCUT2D eigenvalue weighted by Gasteiger charge is -2.27. The second-order valence-corrected chi connectivity index (χ2v) is 6.26. The zero-order chi connectivity index (χ0) is 13.8. The molecule has 0 saturated carbocycles. The molecule has 1 heterocycles.